The largest absolute Gasteiger partial charge is 0.493 e. The van der Waals surface area contributed by atoms with E-state index in [9.17, 15) is 0 Å². The molecular weight excluding hydrogens is 282 g/mol. The smallest absolute Gasteiger partial charge is 0.122 e. The topological polar surface area (TPSA) is 25.8 Å². The van der Waals surface area contributed by atoms with E-state index >= 15 is 0 Å². The van der Waals surface area contributed by atoms with Crippen LogP contribution in [0.15, 0.2) is 42.5 Å². The van der Waals surface area contributed by atoms with Crippen LogP contribution in [0.2, 0.25) is 5.02 Å². The quantitative estimate of drug-likeness (QED) is 0.779. The maximum absolute atomic E-state index is 6.09. The van der Waals surface area contributed by atoms with Crippen molar-refractivity contribution in [3.05, 3.63) is 64.2 Å². The molecule has 0 unspecified atom stereocenters. The van der Waals surface area contributed by atoms with Gasteiger partial charge in [-0.1, -0.05) is 41.9 Å². The van der Waals surface area contributed by atoms with Gasteiger partial charge in [-0.3, -0.25) is 0 Å². The highest BCUT2D eigenvalue weighted by atomic mass is 35.5. The van der Waals surface area contributed by atoms with Gasteiger partial charge in [-0.15, -0.1) is 0 Å². The molecule has 0 heterocycles. The first-order valence-electron chi connectivity index (χ1n) is 7.42. The number of nitrogens with two attached hydrogens (primary N) is 1. The molecular formula is C18H23ClNO+. The lowest BCUT2D eigenvalue weighted by Gasteiger charge is -2.11. The van der Waals surface area contributed by atoms with Crippen LogP contribution in [-0.2, 0) is 6.54 Å². The zero-order valence-electron chi connectivity index (χ0n) is 12.7. The van der Waals surface area contributed by atoms with Crippen LogP contribution in [0.4, 0.5) is 0 Å². The highest BCUT2D eigenvalue weighted by Crippen LogP contribution is 2.27. The highest BCUT2D eigenvalue weighted by Gasteiger charge is 2.05. The first-order chi connectivity index (χ1) is 10.2. The van der Waals surface area contributed by atoms with E-state index in [4.69, 9.17) is 16.3 Å². The van der Waals surface area contributed by atoms with E-state index in [1.165, 1.54) is 5.56 Å². The molecule has 2 rings (SSSR count). The fourth-order valence-corrected chi connectivity index (χ4v) is 2.42. The summed E-state index contributed by atoms with van der Waals surface area (Å²) in [5.74, 6) is 0.944. The van der Waals surface area contributed by atoms with Gasteiger partial charge in [-0.2, -0.15) is 0 Å². The molecule has 0 spiro atoms. The Morgan fingerprint density at radius 1 is 1.00 bits per heavy atom. The first kappa shape index (κ1) is 15.9. The van der Waals surface area contributed by atoms with Crippen LogP contribution in [0.3, 0.4) is 0 Å². The van der Waals surface area contributed by atoms with E-state index in [0.29, 0.717) is 0 Å². The molecule has 0 aliphatic heterocycles. The van der Waals surface area contributed by atoms with Gasteiger partial charge in [0.1, 0.15) is 12.3 Å². The molecule has 2 aromatic carbocycles. The highest BCUT2D eigenvalue weighted by molar-refractivity contribution is 6.31. The first-order valence-corrected chi connectivity index (χ1v) is 7.80. The fourth-order valence-electron chi connectivity index (χ4n) is 2.21. The Morgan fingerprint density at radius 2 is 1.76 bits per heavy atom. The van der Waals surface area contributed by atoms with Gasteiger partial charge in [-0.05, 0) is 37.1 Å². The zero-order chi connectivity index (χ0) is 15.1. The predicted molar refractivity (Wildman–Crippen MR) is 88.0 cm³/mol. The standard InChI is InChI=1S/C18H22ClNO/c1-14-15(2)18(10-9-17(14)19)21-12-6-11-20-13-16-7-4-3-5-8-16/h3-5,7-10,20H,6,11-13H2,1-2H3/p+1. The van der Waals surface area contributed by atoms with E-state index < -0.39 is 0 Å². The number of hydrogen-bond donors (Lipinski definition) is 1. The molecule has 2 N–H and O–H groups in total. The third kappa shape index (κ3) is 4.76. The van der Waals surface area contributed by atoms with E-state index in [0.717, 1.165) is 48.0 Å². The Morgan fingerprint density at radius 3 is 2.52 bits per heavy atom. The van der Waals surface area contributed by atoms with Crippen molar-refractivity contribution < 1.29 is 10.1 Å². The summed E-state index contributed by atoms with van der Waals surface area (Å²) in [7, 11) is 0. The summed E-state index contributed by atoms with van der Waals surface area (Å²) in [5.41, 5.74) is 3.60. The molecule has 0 aliphatic carbocycles. The Bertz CT molecular complexity index is 569. The van der Waals surface area contributed by atoms with Crippen molar-refractivity contribution in [3.8, 4) is 5.75 Å². The monoisotopic (exact) mass is 304 g/mol. The van der Waals surface area contributed by atoms with Crippen molar-refractivity contribution in [2.45, 2.75) is 26.8 Å². The minimum absolute atomic E-state index is 0.743. The molecule has 0 aliphatic rings. The van der Waals surface area contributed by atoms with Crippen LogP contribution in [-0.4, -0.2) is 13.2 Å². The summed E-state index contributed by atoms with van der Waals surface area (Å²) in [6, 6.07) is 14.4. The number of quaternary nitrogens is 1. The second-order valence-electron chi connectivity index (χ2n) is 5.26. The van der Waals surface area contributed by atoms with Crippen LogP contribution in [0.1, 0.15) is 23.1 Å². The Labute approximate surface area is 132 Å². The molecule has 0 bridgehead atoms. The van der Waals surface area contributed by atoms with Crippen molar-refractivity contribution in [2.24, 2.45) is 0 Å². The Balaban J connectivity index is 1.67. The van der Waals surface area contributed by atoms with E-state index in [1.54, 1.807) is 0 Å². The molecule has 3 heteroatoms. The van der Waals surface area contributed by atoms with Gasteiger partial charge in [0, 0.05) is 17.0 Å². The molecule has 112 valence electrons. The van der Waals surface area contributed by atoms with Gasteiger partial charge in [0.25, 0.3) is 0 Å². The van der Waals surface area contributed by atoms with Crippen molar-refractivity contribution in [2.75, 3.05) is 13.2 Å². The number of rotatable bonds is 7. The third-order valence-electron chi connectivity index (χ3n) is 3.70. The molecule has 2 nitrogen and oxygen atoms in total. The summed E-state index contributed by atoms with van der Waals surface area (Å²) in [5, 5.41) is 3.12. The van der Waals surface area contributed by atoms with E-state index in [2.05, 4.69) is 36.5 Å². The number of benzene rings is 2. The van der Waals surface area contributed by atoms with Crippen LogP contribution in [0, 0.1) is 13.8 Å². The second-order valence-corrected chi connectivity index (χ2v) is 5.67. The van der Waals surface area contributed by atoms with Crippen molar-refractivity contribution in [3.63, 3.8) is 0 Å². The minimum Gasteiger partial charge on any atom is -0.493 e. The molecule has 2 aromatic rings. The van der Waals surface area contributed by atoms with Gasteiger partial charge >= 0.3 is 0 Å². The van der Waals surface area contributed by atoms with Gasteiger partial charge < -0.3 is 10.1 Å². The summed E-state index contributed by atoms with van der Waals surface area (Å²) in [6.45, 7) is 6.92. The van der Waals surface area contributed by atoms with E-state index in [1.807, 2.05) is 25.1 Å². The molecule has 0 saturated heterocycles. The lowest BCUT2D eigenvalue weighted by Crippen LogP contribution is -2.82. The summed E-state index contributed by atoms with van der Waals surface area (Å²) >= 11 is 6.09. The molecule has 0 saturated carbocycles. The summed E-state index contributed by atoms with van der Waals surface area (Å²) in [4.78, 5) is 0. The number of hydrogen-bond acceptors (Lipinski definition) is 1. The van der Waals surface area contributed by atoms with Crippen molar-refractivity contribution >= 4 is 11.6 Å². The maximum atomic E-state index is 6.09. The summed E-state index contributed by atoms with van der Waals surface area (Å²) in [6.07, 6.45) is 1.04. The van der Waals surface area contributed by atoms with E-state index in [-0.39, 0.29) is 0 Å². The molecule has 0 atom stereocenters. The zero-order valence-corrected chi connectivity index (χ0v) is 13.5. The van der Waals surface area contributed by atoms with Gasteiger partial charge in [0.15, 0.2) is 0 Å². The van der Waals surface area contributed by atoms with Gasteiger partial charge in [0.2, 0.25) is 0 Å². The second kappa shape index (κ2) is 8.06. The predicted octanol–water partition coefficient (Wildman–Crippen LogP) is 3.49. The van der Waals surface area contributed by atoms with Crippen LogP contribution >= 0.6 is 11.6 Å². The SMILES string of the molecule is Cc1c(Cl)ccc(OCCC[NH2+]Cc2ccccc2)c1C. The normalized spacial score (nSPS) is 10.6. The average Bonchev–Trinajstić information content (AvgIpc) is 2.51. The van der Waals surface area contributed by atoms with Crippen molar-refractivity contribution in [1.82, 2.24) is 0 Å². The number of ether oxygens (including phenoxy) is 1. The Kier molecular flexibility index (Phi) is 6.09. The summed E-state index contributed by atoms with van der Waals surface area (Å²) < 4.78 is 5.85. The minimum atomic E-state index is 0.743. The van der Waals surface area contributed by atoms with Crippen LogP contribution in [0.5, 0.6) is 5.75 Å². The molecule has 0 fully saturated rings. The van der Waals surface area contributed by atoms with Gasteiger partial charge in [0.05, 0.1) is 13.2 Å². The molecule has 0 aromatic heterocycles. The maximum Gasteiger partial charge on any atom is 0.122 e. The van der Waals surface area contributed by atoms with Gasteiger partial charge in [-0.25, -0.2) is 0 Å². The van der Waals surface area contributed by atoms with Crippen molar-refractivity contribution in [1.29, 1.82) is 0 Å². The van der Waals surface area contributed by atoms with Crippen LogP contribution < -0.4 is 10.1 Å². The molecule has 0 amide bonds. The molecule has 21 heavy (non-hydrogen) atoms. The number of halogens is 1. The van der Waals surface area contributed by atoms with Crippen LogP contribution in [0.25, 0.3) is 0 Å². The fraction of sp³-hybridized carbons (Fsp3) is 0.333. The average molecular weight is 305 g/mol. The lowest BCUT2D eigenvalue weighted by atomic mass is 10.1. The Hall–Kier alpha value is -1.51. The lowest BCUT2D eigenvalue weighted by molar-refractivity contribution is -0.671. The molecule has 0 radical (unpaired) electrons. The third-order valence-corrected chi connectivity index (χ3v) is 4.11.